The SMILES string of the molecule is CN(C)c1nc(NC2CCC(NC(=O)c3ccc(F)c(F)c3)CC2)ncc1C(F)(F)F. The van der Waals surface area contributed by atoms with E-state index in [1.54, 1.807) is 0 Å². The summed E-state index contributed by atoms with van der Waals surface area (Å²) in [6, 6.07) is 2.75. The van der Waals surface area contributed by atoms with E-state index in [0.29, 0.717) is 25.7 Å². The molecule has 0 atom stereocenters. The topological polar surface area (TPSA) is 70.2 Å². The van der Waals surface area contributed by atoms with Gasteiger partial charge in [0.15, 0.2) is 11.6 Å². The Balaban J connectivity index is 1.57. The van der Waals surface area contributed by atoms with Gasteiger partial charge >= 0.3 is 6.18 Å². The second kappa shape index (κ2) is 9.03. The molecule has 1 amide bonds. The average molecular weight is 443 g/mol. The summed E-state index contributed by atoms with van der Waals surface area (Å²) >= 11 is 0. The van der Waals surface area contributed by atoms with Crippen molar-refractivity contribution >= 4 is 17.7 Å². The van der Waals surface area contributed by atoms with Crippen molar-refractivity contribution in [3.05, 3.63) is 47.2 Å². The first-order valence-electron chi connectivity index (χ1n) is 9.68. The van der Waals surface area contributed by atoms with Gasteiger partial charge in [0.25, 0.3) is 5.91 Å². The Labute approximate surface area is 175 Å². The smallest absolute Gasteiger partial charge is 0.362 e. The first kappa shape index (κ1) is 22.7. The number of hydrogen-bond donors (Lipinski definition) is 2. The van der Waals surface area contributed by atoms with E-state index in [-0.39, 0.29) is 29.4 Å². The minimum Gasteiger partial charge on any atom is -0.362 e. The molecule has 1 aliphatic rings. The van der Waals surface area contributed by atoms with Gasteiger partial charge < -0.3 is 15.5 Å². The summed E-state index contributed by atoms with van der Waals surface area (Å²) < 4.78 is 65.6. The molecule has 31 heavy (non-hydrogen) atoms. The number of rotatable bonds is 5. The minimum absolute atomic E-state index is 0.0357. The Morgan fingerprint density at radius 1 is 1.06 bits per heavy atom. The summed E-state index contributed by atoms with van der Waals surface area (Å²) in [7, 11) is 2.95. The number of carbonyl (C=O) groups excluding carboxylic acids is 1. The van der Waals surface area contributed by atoms with E-state index in [1.165, 1.54) is 25.1 Å². The number of anilines is 2. The number of benzene rings is 1. The van der Waals surface area contributed by atoms with Gasteiger partial charge in [0.05, 0.1) is 0 Å². The second-order valence-electron chi connectivity index (χ2n) is 7.62. The fraction of sp³-hybridized carbons (Fsp3) is 0.450. The molecule has 6 nitrogen and oxygen atoms in total. The molecule has 0 spiro atoms. The summed E-state index contributed by atoms with van der Waals surface area (Å²) in [5.74, 6) is -2.72. The van der Waals surface area contributed by atoms with E-state index < -0.39 is 29.3 Å². The Kier molecular flexibility index (Phi) is 6.61. The predicted molar refractivity (Wildman–Crippen MR) is 105 cm³/mol. The third-order valence-corrected chi connectivity index (χ3v) is 5.08. The van der Waals surface area contributed by atoms with E-state index in [1.807, 2.05) is 0 Å². The van der Waals surface area contributed by atoms with Gasteiger partial charge in [0.1, 0.15) is 11.4 Å². The molecule has 1 aromatic carbocycles. The summed E-state index contributed by atoms with van der Waals surface area (Å²) in [4.78, 5) is 21.3. The molecule has 0 bridgehead atoms. The first-order chi connectivity index (χ1) is 14.5. The fourth-order valence-corrected chi connectivity index (χ4v) is 3.45. The molecule has 0 aliphatic heterocycles. The number of carbonyl (C=O) groups is 1. The Bertz CT molecular complexity index is 942. The van der Waals surface area contributed by atoms with Crippen LogP contribution in [0.15, 0.2) is 24.4 Å². The summed E-state index contributed by atoms with van der Waals surface area (Å²) in [6.07, 6.45) is -1.32. The number of hydrogen-bond acceptors (Lipinski definition) is 5. The van der Waals surface area contributed by atoms with Gasteiger partial charge in [0.2, 0.25) is 5.95 Å². The Hall–Kier alpha value is -2.98. The standard InChI is InChI=1S/C20H22F5N5O/c1-30(2)17-14(20(23,24)25)10-26-19(29-17)28-13-6-4-12(5-7-13)27-18(31)11-3-8-15(21)16(22)9-11/h3,8-10,12-13H,4-7H2,1-2H3,(H,27,31)(H,26,28,29). The van der Waals surface area contributed by atoms with Crippen molar-refractivity contribution < 1.29 is 26.7 Å². The van der Waals surface area contributed by atoms with Crippen LogP contribution in [0.25, 0.3) is 0 Å². The molecule has 3 rings (SSSR count). The van der Waals surface area contributed by atoms with Crippen molar-refractivity contribution in [2.75, 3.05) is 24.3 Å². The molecular weight excluding hydrogens is 421 g/mol. The number of amides is 1. The van der Waals surface area contributed by atoms with Crippen molar-refractivity contribution in [3.63, 3.8) is 0 Å². The lowest BCUT2D eigenvalue weighted by Crippen LogP contribution is -2.40. The van der Waals surface area contributed by atoms with Gasteiger partial charge in [-0.15, -0.1) is 0 Å². The summed E-state index contributed by atoms with van der Waals surface area (Å²) in [6.45, 7) is 0. The quantitative estimate of drug-likeness (QED) is 0.684. The molecule has 0 radical (unpaired) electrons. The molecule has 0 saturated heterocycles. The largest absolute Gasteiger partial charge is 0.421 e. The molecule has 11 heteroatoms. The molecule has 1 saturated carbocycles. The molecular formula is C20H22F5N5O. The van der Waals surface area contributed by atoms with Gasteiger partial charge in [-0.3, -0.25) is 4.79 Å². The van der Waals surface area contributed by atoms with Gasteiger partial charge in [-0.2, -0.15) is 18.2 Å². The maximum Gasteiger partial charge on any atom is 0.421 e. The van der Waals surface area contributed by atoms with Crippen LogP contribution in [-0.2, 0) is 6.18 Å². The molecule has 2 N–H and O–H groups in total. The number of aromatic nitrogens is 2. The lowest BCUT2D eigenvalue weighted by molar-refractivity contribution is -0.137. The predicted octanol–water partition coefficient (Wildman–Crippen LogP) is 3.99. The van der Waals surface area contributed by atoms with E-state index in [9.17, 15) is 26.7 Å². The van der Waals surface area contributed by atoms with Crippen LogP contribution in [0.4, 0.5) is 33.7 Å². The zero-order valence-electron chi connectivity index (χ0n) is 16.9. The van der Waals surface area contributed by atoms with Crippen LogP contribution in [0.1, 0.15) is 41.6 Å². The van der Waals surface area contributed by atoms with Gasteiger partial charge in [0, 0.05) is 37.9 Å². The van der Waals surface area contributed by atoms with Crippen LogP contribution in [0, 0.1) is 11.6 Å². The highest BCUT2D eigenvalue weighted by molar-refractivity contribution is 5.94. The van der Waals surface area contributed by atoms with Crippen molar-refractivity contribution in [2.24, 2.45) is 0 Å². The van der Waals surface area contributed by atoms with E-state index in [2.05, 4.69) is 20.6 Å². The maximum atomic E-state index is 13.3. The highest BCUT2D eigenvalue weighted by Gasteiger charge is 2.36. The second-order valence-corrected chi connectivity index (χ2v) is 7.62. The van der Waals surface area contributed by atoms with E-state index in [0.717, 1.165) is 18.3 Å². The molecule has 168 valence electrons. The number of nitrogens with one attached hydrogen (secondary N) is 2. The zero-order valence-corrected chi connectivity index (χ0v) is 16.9. The molecule has 1 aromatic heterocycles. The van der Waals surface area contributed by atoms with Crippen LogP contribution in [-0.4, -0.2) is 42.1 Å². The fourth-order valence-electron chi connectivity index (χ4n) is 3.45. The third-order valence-electron chi connectivity index (χ3n) is 5.08. The monoisotopic (exact) mass is 443 g/mol. The third kappa shape index (κ3) is 5.59. The van der Waals surface area contributed by atoms with Crippen LogP contribution in [0.5, 0.6) is 0 Å². The van der Waals surface area contributed by atoms with E-state index in [4.69, 9.17) is 0 Å². The molecule has 1 fully saturated rings. The lowest BCUT2D eigenvalue weighted by atomic mass is 9.91. The molecule has 0 unspecified atom stereocenters. The average Bonchev–Trinajstić information content (AvgIpc) is 2.70. The summed E-state index contributed by atoms with van der Waals surface area (Å²) in [5, 5.41) is 5.85. The lowest BCUT2D eigenvalue weighted by Gasteiger charge is -2.30. The summed E-state index contributed by atoms with van der Waals surface area (Å²) in [5.41, 5.74) is -0.875. The first-order valence-corrected chi connectivity index (χ1v) is 9.68. The van der Waals surface area contributed by atoms with Gasteiger partial charge in [-0.25, -0.2) is 13.8 Å². The van der Waals surface area contributed by atoms with Crippen LogP contribution in [0.2, 0.25) is 0 Å². The van der Waals surface area contributed by atoms with E-state index >= 15 is 0 Å². The van der Waals surface area contributed by atoms with Crippen molar-refractivity contribution in [1.29, 1.82) is 0 Å². The van der Waals surface area contributed by atoms with Crippen molar-refractivity contribution in [2.45, 2.75) is 43.9 Å². The number of halogens is 5. The van der Waals surface area contributed by atoms with Gasteiger partial charge in [-0.05, 0) is 43.9 Å². The Morgan fingerprint density at radius 3 is 2.29 bits per heavy atom. The van der Waals surface area contributed by atoms with Crippen LogP contribution in [0.3, 0.4) is 0 Å². The van der Waals surface area contributed by atoms with Crippen LogP contribution < -0.4 is 15.5 Å². The maximum absolute atomic E-state index is 13.3. The van der Waals surface area contributed by atoms with Gasteiger partial charge in [-0.1, -0.05) is 0 Å². The number of nitrogens with zero attached hydrogens (tertiary/aromatic N) is 3. The molecule has 1 aliphatic carbocycles. The van der Waals surface area contributed by atoms with Crippen molar-refractivity contribution in [3.8, 4) is 0 Å². The zero-order chi connectivity index (χ0) is 22.8. The number of alkyl halides is 3. The highest BCUT2D eigenvalue weighted by atomic mass is 19.4. The highest BCUT2D eigenvalue weighted by Crippen LogP contribution is 2.35. The Morgan fingerprint density at radius 2 is 1.71 bits per heavy atom. The van der Waals surface area contributed by atoms with Crippen LogP contribution >= 0.6 is 0 Å². The molecule has 2 aromatic rings. The minimum atomic E-state index is -4.55. The normalized spacial score (nSPS) is 19.1. The molecule has 1 heterocycles. The van der Waals surface area contributed by atoms with Crippen molar-refractivity contribution in [1.82, 2.24) is 15.3 Å².